The molecule has 1 aromatic heterocycles. The first-order chi connectivity index (χ1) is 12.3. The predicted molar refractivity (Wildman–Crippen MR) is 110 cm³/mol. The van der Waals surface area contributed by atoms with Gasteiger partial charge in [0.05, 0.1) is 5.52 Å². The Bertz CT molecular complexity index is 1000. The molecule has 3 aromatic carbocycles. The summed E-state index contributed by atoms with van der Waals surface area (Å²) in [6, 6.07) is 27.4. The van der Waals surface area contributed by atoms with E-state index >= 15 is 0 Å². The van der Waals surface area contributed by atoms with E-state index in [1.165, 1.54) is 22.1 Å². The highest BCUT2D eigenvalue weighted by Gasteiger charge is 2.16. The average molecular weight is 388 g/mol. The van der Waals surface area contributed by atoms with Gasteiger partial charge in [-0.15, -0.1) is 0 Å². The molecule has 0 fully saturated rings. The van der Waals surface area contributed by atoms with Crippen LogP contribution < -0.4 is 0 Å². The lowest BCUT2D eigenvalue weighted by molar-refractivity contribution is 1.04. The first-order valence-corrected chi connectivity index (χ1v) is 9.16. The molecule has 0 radical (unpaired) electrons. The number of fused-ring (bicyclic) bond motifs is 1. The van der Waals surface area contributed by atoms with Crippen molar-refractivity contribution in [3.8, 4) is 0 Å². The Morgan fingerprint density at radius 2 is 1.52 bits per heavy atom. The number of aromatic amines is 1. The monoisotopic (exact) mass is 387 g/mol. The van der Waals surface area contributed by atoms with Gasteiger partial charge in [-0.2, -0.15) is 0 Å². The number of hydrogen-bond acceptors (Lipinski definition) is 0. The third-order valence-corrected chi connectivity index (χ3v) is 5.13. The number of aromatic nitrogens is 1. The highest BCUT2D eigenvalue weighted by atomic mass is 79.9. The molecule has 25 heavy (non-hydrogen) atoms. The third kappa shape index (κ3) is 3.31. The maximum Gasteiger partial charge on any atom is 0.0601 e. The van der Waals surface area contributed by atoms with Crippen molar-refractivity contribution in [3.63, 3.8) is 0 Å². The van der Waals surface area contributed by atoms with Crippen LogP contribution in [0.3, 0.4) is 0 Å². The van der Waals surface area contributed by atoms with Gasteiger partial charge in [0.2, 0.25) is 0 Å². The minimum Gasteiger partial charge on any atom is -0.360 e. The molecule has 2 heteroatoms. The zero-order chi connectivity index (χ0) is 17.1. The van der Waals surface area contributed by atoms with Gasteiger partial charge in [0.15, 0.2) is 0 Å². The second-order valence-electron chi connectivity index (χ2n) is 6.06. The number of nitrogens with one attached hydrogen (secondary N) is 1. The van der Waals surface area contributed by atoms with E-state index in [1.54, 1.807) is 0 Å². The first kappa shape index (κ1) is 15.9. The minimum atomic E-state index is 0.199. The largest absolute Gasteiger partial charge is 0.360 e. The Morgan fingerprint density at radius 3 is 2.28 bits per heavy atom. The Labute approximate surface area is 156 Å². The van der Waals surface area contributed by atoms with E-state index in [0.717, 1.165) is 9.99 Å². The van der Waals surface area contributed by atoms with Crippen molar-refractivity contribution in [3.05, 3.63) is 112 Å². The van der Waals surface area contributed by atoms with Gasteiger partial charge in [0.1, 0.15) is 0 Å². The molecule has 4 aromatic rings. The Balaban J connectivity index is 1.83. The zero-order valence-electron chi connectivity index (χ0n) is 13.7. The SMILES string of the molecule is Brc1cccc2c([C@H](/C=C/c3ccccc3)c3ccccc3)c[nH]c12. The number of benzene rings is 3. The molecule has 0 saturated carbocycles. The highest BCUT2D eigenvalue weighted by Crippen LogP contribution is 2.34. The summed E-state index contributed by atoms with van der Waals surface area (Å²) in [5.41, 5.74) is 4.93. The van der Waals surface area contributed by atoms with Crippen LogP contribution in [0.5, 0.6) is 0 Å². The molecule has 1 N–H and O–H groups in total. The van der Waals surface area contributed by atoms with Crippen LogP contribution >= 0.6 is 15.9 Å². The predicted octanol–water partition coefficient (Wildman–Crippen LogP) is 6.78. The maximum atomic E-state index is 3.64. The minimum absolute atomic E-state index is 0.199. The van der Waals surface area contributed by atoms with Crippen molar-refractivity contribution in [2.45, 2.75) is 5.92 Å². The standard InChI is InChI=1S/C23H18BrN/c24-22-13-7-12-20-21(16-25-23(20)22)19(18-10-5-2-6-11-18)15-14-17-8-3-1-4-9-17/h1-16,19,25H/b15-14+/t19-/m1/s1. The van der Waals surface area contributed by atoms with Gasteiger partial charge in [-0.1, -0.05) is 84.9 Å². The second kappa shape index (κ2) is 7.12. The first-order valence-electron chi connectivity index (χ1n) is 8.36. The van der Waals surface area contributed by atoms with Gasteiger partial charge >= 0.3 is 0 Å². The zero-order valence-corrected chi connectivity index (χ0v) is 15.3. The Kier molecular flexibility index (Phi) is 4.53. The van der Waals surface area contributed by atoms with E-state index < -0.39 is 0 Å². The van der Waals surface area contributed by atoms with Gasteiger partial charge in [-0.05, 0) is 38.7 Å². The summed E-state index contributed by atoms with van der Waals surface area (Å²) in [4.78, 5) is 3.42. The molecule has 1 nitrogen and oxygen atoms in total. The molecule has 0 bridgehead atoms. The molecule has 4 rings (SSSR count). The summed E-state index contributed by atoms with van der Waals surface area (Å²) in [6.45, 7) is 0. The molecule has 0 amide bonds. The average Bonchev–Trinajstić information content (AvgIpc) is 3.09. The maximum absolute atomic E-state index is 3.64. The van der Waals surface area contributed by atoms with Gasteiger partial charge < -0.3 is 4.98 Å². The van der Waals surface area contributed by atoms with E-state index in [2.05, 4.69) is 112 Å². The van der Waals surface area contributed by atoms with Crippen LogP contribution in [0.2, 0.25) is 0 Å². The van der Waals surface area contributed by atoms with Crippen molar-refractivity contribution in [1.82, 2.24) is 4.98 Å². The topological polar surface area (TPSA) is 15.8 Å². The smallest absolute Gasteiger partial charge is 0.0601 e. The summed E-state index contributed by atoms with van der Waals surface area (Å²) >= 11 is 3.64. The number of hydrogen-bond donors (Lipinski definition) is 1. The molecule has 122 valence electrons. The molecule has 1 heterocycles. The summed E-state index contributed by atoms with van der Waals surface area (Å²) in [5.74, 6) is 0.199. The fourth-order valence-corrected chi connectivity index (χ4v) is 3.70. The fraction of sp³-hybridized carbons (Fsp3) is 0.0435. The normalized spacial score (nSPS) is 12.7. The van der Waals surface area contributed by atoms with Crippen molar-refractivity contribution in [1.29, 1.82) is 0 Å². The molecule has 1 atom stereocenters. The Hall–Kier alpha value is -2.58. The van der Waals surface area contributed by atoms with Crippen LogP contribution in [0.25, 0.3) is 17.0 Å². The highest BCUT2D eigenvalue weighted by molar-refractivity contribution is 9.10. The summed E-state index contributed by atoms with van der Waals surface area (Å²) < 4.78 is 1.09. The lowest BCUT2D eigenvalue weighted by Crippen LogP contribution is -1.96. The molecule has 0 saturated heterocycles. The molecule has 0 aliphatic heterocycles. The van der Waals surface area contributed by atoms with Gasteiger partial charge in [0.25, 0.3) is 0 Å². The van der Waals surface area contributed by atoms with Crippen LogP contribution in [-0.2, 0) is 0 Å². The van der Waals surface area contributed by atoms with Gasteiger partial charge in [-0.25, -0.2) is 0 Å². The third-order valence-electron chi connectivity index (χ3n) is 4.47. The van der Waals surface area contributed by atoms with E-state index in [-0.39, 0.29) is 5.92 Å². The van der Waals surface area contributed by atoms with Crippen LogP contribution in [0.4, 0.5) is 0 Å². The van der Waals surface area contributed by atoms with Crippen molar-refractivity contribution in [2.24, 2.45) is 0 Å². The summed E-state index contributed by atoms with van der Waals surface area (Å²) in [5, 5.41) is 1.25. The summed E-state index contributed by atoms with van der Waals surface area (Å²) in [6.07, 6.45) is 6.62. The van der Waals surface area contributed by atoms with Crippen LogP contribution in [0, 0.1) is 0 Å². The van der Waals surface area contributed by atoms with Crippen LogP contribution in [0.1, 0.15) is 22.6 Å². The van der Waals surface area contributed by atoms with Crippen molar-refractivity contribution in [2.75, 3.05) is 0 Å². The van der Waals surface area contributed by atoms with E-state index in [1.807, 2.05) is 6.07 Å². The van der Waals surface area contributed by atoms with Crippen LogP contribution in [0.15, 0.2) is 95.6 Å². The lowest BCUT2D eigenvalue weighted by Gasteiger charge is -2.13. The van der Waals surface area contributed by atoms with Gasteiger partial charge in [0, 0.05) is 22.0 Å². The molecular weight excluding hydrogens is 370 g/mol. The number of rotatable bonds is 4. The number of allylic oxidation sites excluding steroid dienone is 1. The van der Waals surface area contributed by atoms with Crippen molar-refractivity contribution < 1.29 is 0 Å². The number of para-hydroxylation sites is 1. The van der Waals surface area contributed by atoms with Gasteiger partial charge in [-0.3, -0.25) is 0 Å². The lowest BCUT2D eigenvalue weighted by atomic mass is 9.90. The van der Waals surface area contributed by atoms with E-state index in [9.17, 15) is 0 Å². The van der Waals surface area contributed by atoms with Crippen molar-refractivity contribution >= 4 is 32.9 Å². The fourth-order valence-electron chi connectivity index (χ4n) is 3.22. The molecular formula is C23H18BrN. The molecule has 0 spiro atoms. The number of halogens is 1. The second-order valence-corrected chi connectivity index (χ2v) is 6.92. The van der Waals surface area contributed by atoms with Crippen LogP contribution in [-0.4, -0.2) is 4.98 Å². The molecule has 0 aliphatic carbocycles. The summed E-state index contributed by atoms with van der Waals surface area (Å²) in [7, 11) is 0. The van der Waals surface area contributed by atoms with E-state index in [0.29, 0.717) is 0 Å². The Morgan fingerprint density at radius 1 is 0.800 bits per heavy atom. The molecule has 0 unspecified atom stereocenters. The van der Waals surface area contributed by atoms with E-state index in [4.69, 9.17) is 0 Å². The molecule has 0 aliphatic rings. The quantitative estimate of drug-likeness (QED) is 0.397. The number of H-pyrrole nitrogens is 1.